The zero-order valence-corrected chi connectivity index (χ0v) is 53.4. The predicted octanol–water partition coefficient (Wildman–Crippen LogP) is -3.63. The second-order valence-electron chi connectivity index (χ2n) is 23.1. The summed E-state index contributed by atoms with van der Waals surface area (Å²) < 4.78 is 0. The van der Waals surface area contributed by atoms with Crippen LogP contribution in [0.4, 0.5) is 0 Å². The number of hydrogen-bond acceptors (Lipinski definition) is 18. The third-order valence-electron chi connectivity index (χ3n) is 15.5. The molecule has 3 aromatic carbocycles. The van der Waals surface area contributed by atoms with Gasteiger partial charge < -0.3 is 97.4 Å². The first kappa shape index (κ1) is 77.0. The largest absolute Gasteiger partial charge is 0.391 e. The van der Waals surface area contributed by atoms with Gasteiger partial charge in [-0.2, -0.15) is 0 Å². The van der Waals surface area contributed by atoms with Crippen LogP contribution in [0.2, 0.25) is 0 Å². The highest BCUT2D eigenvalue weighted by atomic mass is 16.3. The molecular formula is C64H98N16O13. The molecule has 1 aliphatic rings. The number of aliphatic hydroxyl groups excluding tert-OH is 2. The number of nitrogens with one attached hydrogen (secondary N) is 11. The van der Waals surface area contributed by atoms with Crippen molar-refractivity contribution in [2.45, 2.75) is 183 Å². The van der Waals surface area contributed by atoms with Crippen molar-refractivity contribution < 1.29 is 63.0 Å². The van der Waals surface area contributed by atoms with Crippen molar-refractivity contribution >= 4 is 65.0 Å². The molecule has 1 saturated heterocycles. The van der Waals surface area contributed by atoms with Crippen LogP contribution in [-0.4, -0.2) is 187 Å². The van der Waals surface area contributed by atoms with E-state index in [1.807, 2.05) is 42.5 Å². The van der Waals surface area contributed by atoms with E-state index in [2.05, 4.69) is 65.4 Å². The molecule has 1 aliphatic heterocycles. The van der Waals surface area contributed by atoms with Gasteiger partial charge in [-0.25, -0.2) is 0 Å². The summed E-state index contributed by atoms with van der Waals surface area (Å²) in [4.78, 5) is 156. The fraction of sp³-hybridized carbons (Fsp3) is 0.547. The van der Waals surface area contributed by atoms with Crippen LogP contribution in [0.5, 0.6) is 0 Å². The van der Waals surface area contributed by atoms with Crippen molar-refractivity contribution in [2.24, 2.45) is 28.7 Å². The Balaban J connectivity index is 1.76. The van der Waals surface area contributed by atoms with E-state index in [4.69, 9.17) is 28.7 Å². The molecule has 4 rings (SSSR count). The Morgan fingerprint density at radius 2 is 0.946 bits per heavy atom. The first-order valence-electron chi connectivity index (χ1n) is 31.9. The van der Waals surface area contributed by atoms with E-state index in [1.54, 1.807) is 42.5 Å². The summed E-state index contributed by atoms with van der Waals surface area (Å²) in [5.41, 5.74) is 32.5. The Labute approximate surface area is 542 Å². The van der Waals surface area contributed by atoms with Gasteiger partial charge >= 0.3 is 0 Å². The number of benzene rings is 3. The molecule has 12 atom stereocenters. The Morgan fingerprint density at radius 3 is 1.44 bits per heavy atom. The van der Waals surface area contributed by atoms with Crippen LogP contribution in [0.15, 0.2) is 84.9 Å². The summed E-state index contributed by atoms with van der Waals surface area (Å²) in [6.45, 7) is 3.20. The van der Waals surface area contributed by atoms with Crippen LogP contribution < -0.4 is 87.2 Å². The first-order valence-corrected chi connectivity index (χ1v) is 31.9. The maximum atomic E-state index is 14.9. The minimum atomic E-state index is -1.71. The molecule has 512 valence electrons. The summed E-state index contributed by atoms with van der Waals surface area (Å²) in [6.07, 6.45) is -0.377. The monoisotopic (exact) mass is 1300 g/mol. The van der Waals surface area contributed by atoms with Crippen LogP contribution in [0.3, 0.4) is 0 Å². The molecule has 1 fully saturated rings. The topological polar surface area (TPSA) is 491 Å². The Hall–Kier alpha value is -8.45. The second kappa shape index (κ2) is 41.2. The number of rotatable bonds is 30. The molecule has 0 aromatic heterocycles. The second-order valence-corrected chi connectivity index (χ2v) is 23.1. The van der Waals surface area contributed by atoms with Gasteiger partial charge in [0.1, 0.15) is 60.4 Å². The molecule has 0 saturated carbocycles. The van der Waals surface area contributed by atoms with Crippen molar-refractivity contribution in [3.05, 3.63) is 96.1 Å². The average Bonchev–Trinajstić information content (AvgIpc) is 2.06. The van der Waals surface area contributed by atoms with Gasteiger partial charge in [-0.15, -0.1) is 0 Å². The van der Waals surface area contributed by atoms with E-state index < -0.39 is 151 Å². The van der Waals surface area contributed by atoms with Crippen LogP contribution in [0.1, 0.15) is 109 Å². The zero-order chi connectivity index (χ0) is 68.4. The number of hydrogen-bond donors (Lipinski definition) is 18. The van der Waals surface area contributed by atoms with E-state index in [0.717, 1.165) is 36.8 Å². The maximum absolute atomic E-state index is 14.9. The van der Waals surface area contributed by atoms with Gasteiger partial charge in [0.25, 0.3) is 0 Å². The van der Waals surface area contributed by atoms with E-state index in [0.29, 0.717) is 17.5 Å². The molecule has 0 aliphatic carbocycles. The number of aliphatic hydroxyl groups is 2. The highest BCUT2D eigenvalue weighted by Crippen LogP contribution is 2.20. The molecule has 29 heteroatoms. The van der Waals surface area contributed by atoms with E-state index in [-0.39, 0.29) is 84.1 Å². The van der Waals surface area contributed by atoms with Crippen LogP contribution in [0, 0.1) is 0 Å². The maximum Gasteiger partial charge on any atom is 0.245 e. The predicted molar refractivity (Wildman–Crippen MR) is 348 cm³/mol. The highest BCUT2D eigenvalue weighted by Gasteiger charge is 2.38. The lowest BCUT2D eigenvalue weighted by Crippen LogP contribution is -2.62. The number of carbonyl (C=O) groups is 11. The summed E-state index contributed by atoms with van der Waals surface area (Å²) in [5.74, 6) is -9.93. The van der Waals surface area contributed by atoms with Gasteiger partial charge in [0.2, 0.25) is 65.0 Å². The standard InChI is InChI=1S/C64H98N16O13/c1-4-5-6-7-14-19-52(83)71-44(24-30-65)59(88)80-54(39(3)82)64(93)76-47(27-33-68)56(85)75-49-29-35-70-63(92)53(38(2)81)79-60(89)48(28-34-69)73-55(84)45(25-31-66)74-61(90)51(37-41-20-22-43(23-21-41)42-17-12-9-13-18-42)78-62(91)50(36-40-15-10-8-11-16-40)77-57(86)46(26-32-67)72-58(49)87/h8-13,15-18,20-23,38-39,44-51,53-54,81-82H,4-7,14,19,24-37,65-69H2,1-3H3,(H,70,92)(H,71,83)(H,72,87)(H,73,84)(H,74,90)(H,75,85)(H,76,93)(H,77,86)(H,78,91)(H,79,89)(H,80,88)/t38-,39-,44+,45+,46+,47+,48+,49+,50-,51+,53+,54+/m1/s1. The zero-order valence-electron chi connectivity index (χ0n) is 53.4. The Bertz CT molecular complexity index is 2890. The highest BCUT2D eigenvalue weighted by molar-refractivity contribution is 5.99. The molecule has 0 unspecified atom stereocenters. The summed E-state index contributed by atoms with van der Waals surface area (Å²) >= 11 is 0. The van der Waals surface area contributed by atoms with Crippen molar-refractivity contribution in [2.75, 3.05) is 39.3 Å². The average molecular weight is 1300 g/mol. The van der Waals surface area contributed by atoms with Gasteiger partial charge in [0.15, 0.2) is 0 Å². The first-order chi connectivity index (χ1) is 44.6. The third-order valence-corrected chi connectivity index (χ3v) is 15.5. The van der Waals surface area contributed by atoms with E-state index in [1.165, 1.54) is 13.8 Å². The molecule has 93 heavy (non-hydrogen) atoms. The Kier molecular flexibility index (Phi) is 34.1. The Morgan fingerprint density at radius 1 is 0.495 bits per heavy atom. The molecule has 0 bridgehead atoms. The SMILES string of the molecule is CCCCCCCC(=O)N[C@@H](CCN)C(=O)N[C@H](C(=O)N[C@@H](CCN)C(=O)N[C@H]1CCNC(=O)[C@H]([C@@H](C)O)NC(=O)[C@H](CCN)NC(=O)[C@H](CCN)NC(=O)[C@H](Cc2ccc(-c3ccccc3)cc2)NC(=O)[C@@H](Cc2ccccc2)NC(=O)[C@H](CCN)NC1=O)[C@@H](C)O. The minimum Gasteiger partial charge on any atom is -0.391 e. The third kappa shape index (κ3) is 26.2. The molecule has 1 heterocycles. The normalized spacial score (nSPS) is 21.4. The van der Waals surface area contributed by atoms with Gasteiger partial charge in [0, 0.05) is 25.8 Å². The summed E-state index contributed by atoms with van der Waals surface area (Å²) in [7, 11) is 0. The number of unbranched alkanes of at least 4 members (excludes halogenated alkanes) is 4. The van der Waals surface area contributed by atoms with Crippen LogP contribution >= 0.6 is 0 Å². The molecule has 0 spiro atoms. The lowest BCUT2D eigenvalue weighted by Gasteiger charge is -2.28. The molecule has 3 aromatic rings. The molecular weight excluding hydrogens is 1200 g/mol. The number of nitrogens with two attached hydrogens (primary N) is 5. The van der Waals surface area contributed by atoms with E-state index in [9.17, 15) is 63.0 Å². The number of amides is 11. The minimum absolute atomic E-state index is 0.0205. The van der Waals surface area contributed by atoms with Gasteiger partial charge in [-0.1, -0.05) is 118 Å². The van der Waals surface area contributed by atoms with Crippen molar-refractivity contribution in [3.8, 4) is 11.1 Å². The fourth-order valence-corrected chi connectivity index (χ4v) is 10.2. The lowest BCUT2D eigenvalue weighted by molar-refractivity contribution is -0.137. The summed E-state index contributed by atoms with van der Waals surface area (Å²) in [6, 6.07) is 10.0. The smallest absolute Gasteiger partial charge is 0.245 e. The molecule has 23 N–H and O–H groups in total. The van der Waals surface area contributed by atoms with Crippen LogP contribution in [0.25, 0.3) is 11.1 Å². The van der Waals surface area contributed by atoms with Crippen molar-refractivity contribution in [1.82, 2.24) is 58.5 Å². The van der Waals surface area contributed by atoms with Crippen molar-refractivity contribution in [3.63, 3.8) is 0 Å². The van der Waals surface area contributed by atoms with Crippen LogP contribution in [-0.2, 0) is 65.6 Å². The molecule has 0 radical (unpaired) electrons. The van der Waals surface area contributed by atoms with Gasteiger partial charge in [0.05, 0.1) is 12.2 Å². The number of carbonyl (C=O) groups excluding carboxylic acids is 11. The lowest BCUT2D eigenvalue weighted by atomic mass is 9.99. The quantitative estimate of drug-likeness (QED) is 0.0287. The fourth-order valence-electron chi connectivity index (χ4n) is 10.2. The van der Waals surface area contributed by atoms with Crippen molar-refractivity contribution in [1.29, 1.82) is 0 Å². The summed E-state index contributed by atoms with van der Waals surface area (Å²) in [5, 5.41) is 50.1. The van der Waals surface area contributed by atoms with E-state index >= 15 is 0 Å². The molecule has 11 amide bonds. The van der Waals surface area contributed by atoms with Gasteiger partial charge in [-0.05, 0) is 114 Å². The molecule has 29 nitrogen and oxygen atoms in total. The van der Waals surface area contributed by atoms with Gasteiger partial charge in [-0.3, -0.25) is 52.7 Å².